The van der Waals surface area contributed by atoms with Gasteiger partial charge in [0.1, 0.15) is 9.70 Å². The summed E-state index contributed by atoms with van der Waals surface area (Å²) in [5.74, 6) is -1.88. The number of ketones is 1. The SMILES string of the molecule is O=C(CC(Br)(Br)C(Br)(Br)C(Br)(Br)C(Br)(Br)Br)C(F)(F)F. The molecule has 13 heteroatoms. The highest BCUT2D eigenvalue weighted by Gasteiger charge is 2.65. The average molecular weight is 878 g/mol. The molecular formula is C7H2Br9F3O. The number of carbonyl (C=O) groups is 1. The predicted molar refractivity (Wildman–Crippen MR) is 107 cm³/mol. The third kappa shape index (κ3) is 5.39. The second-order valence-corrected chi connectivity index (χ2v) is 20.9. The lowest BCUT2D eigenvalue weighted by Gasteiger charge is -2.46. The van der Waals surface area contributed by atoms with Gasteiger partial charge in [-0.05, 0) is 0 Å². The number of carbonyl (C=O) groups excluding carboxylic acids is 1. The quantitative estimate of drug-likeness (QED) is 0.264. The fourth-order valence-electron chi connectivity index (χ4n) is 0.821. The molecule has 0 spiro atoms. The first-order valence-corrected chi connectivity index (χ1v) is 11.3. The van der Waals surface area contributed by atoms with Gasteiger partial charge in [0, 0.05) is 6.42 Å². The van der Waals surface area contributed by atoms with Crippen molar-refractivity contribution in [1.82, 2.24) is 0 Å². The third-order valence-electron chi connectivity index (χ3n) is 1.91. The van der Waals surface area contributed by atoms with Gasteiger partial charge in [0.05, 0.1) is 0 Å². The number of hydrogen-bond donors (Lipinski definition) is 0. The van der Waals surface area contributed by atoms with Crippen LogP contribution in [0.2, 0.25) is 0 Å². The molecule has 0 aliphatic carbocycles. The largest absolute Gasteiger partial charge is 0.450 e. The van der Waals surface area contributed by atoms with Crippen molar-refractivity contribution in [1.29, 1.82) is 0 Å². The van der Waals surface area contributed by atoms with Crippen molar-refractivity contribution in [2.24, 2.45) is 0 Å². The molecule has 0 aromatic heterocycles. The molecule has 0 aliphatic heterocycles. The second-order valence-electron chi connectivity index (χ2n) is 3.45. The van der Waals surface area contributed by atoms with Gasteiger partial charge in [0.15, 0.2) is 2.14 Å². The van der Waals surface area contributed by atoms with E-state index in [2.05, 4.69) is 143 Å². The molecule has 0 fully saturated rings. The maximum atomic E-state index is 12.4. The average Bonchev–Trinajstić information content (AvgIpc) is 2.12. The van der Waals surface area contributed by atoms with Crippen molar-refractivity contribution >= 4 is 149 Å². The molecule has 0 atom stereocenters. The first-order valence-electron chi connectivity index (χ1n) is 4.18. The molecular weight excluding hydrogens is 876 g/mol. The Morgan fingerprint density at radius 1 is 0.750 bits per heavy atom. The van der Waals surface area contributed by atoms with Crippen molar-refractivity contribution in [3.8, 4) is 0 Å². The van der Waals surface area contributed by atoms with E-state index in [1.54, 1.807) is 0 Å². The molecule has 1 nitrogen and oxygen atoms in total. The van der Waals surface area contributed by atoms with Crippen molar-refractivity contribution in [3.05, 3.63) is 0 Å². The van der Waals surface area contributed by atoms with E-state index < -0.39 is 30.2 Å². The van der Waals surface area contributed by atoms with Gasteiger partial charge in [-0.1, -0.05) is 143 Å². The predicted octanol–water partition coefficient (Wildman–Crippen LogP) is 7.80. The summed E-state index contributed by atoms with van der Waals surface area (Å²) < 4.78 is 32.4. The second kappa shape index (κ2) is 7.57. The lowest BCUT2D eigenvalue weighted by atomic mass is 10.1. The molecule has 0 aromatic rings. The summed E-state index contributed by atoms with van der Waals surface area (Å²) in [6, 6.07) is 0. The van der Waals surface area contributed by atoms with E-state index >= 15 is 0 Å². The minimum atomic E-state index is -4.92. The van der Waals surface area contributed by atoms with Crippen LogP contribution in [-0.2, 0) is 4.79 Å². The lowest BCUT2D eigenvalue weighted by molar-refractivity contribution is -0.171. The Morgan fingerprint density at radius 2 is 1.10 bits per heavy atom. The Kier molecular flexibility index (Phi) is 9.00. The lowest BCUT2D eigenvalue weighted by Crippen LogP contribution is -2.54. The summed E-state index contributed by atoms with van der Waals surface area (Å²) >= 11 is 29.2. The molecule has 0 rings (SSSR count). The normalized spacial score (nSPS) is 15.4. The maximum absolute atomic E-state index is 12.4. The molecule has 0 saturated heterocycles. The van der Waals surface area contributed by atoms with E-state index in [0.29, 0.717) is 0 Å². The van der Waals surface area contributed by atoms with Crippen LogP contribution in [0.5, 0.6) is 0 Å². The summed E-state index contributed by atoms with van der Waals surface area (Å²) in [5, 5.41) is 0. The van der Waals surface area contributed by atoms with Crippen LogP contribution in [0.1, 0.15) is 6.42 Å². The summed E-state index contributed by atoms with van der Waals surface area (Å²) in [5.41, 5.74) is 0. The highest BCUT2D eigenvalue weighted by atomic mass is 80.0. The van der Waals surface area contributed by atoms with Crippen LogP contribution in [-0.4, -0.2) is 23.8 Å². The van der Waals surface area contributed by atoms with Crippen LogP contribution < -0.4 is 0 Å². The van der Waals surface area contributed by atoms with Crippen molar-refractivity contribution in [2.45, 2.75) is 24.4 Å². The van der Waals surface area contributed by atoms with Crippen LogP contribution in [0.15, 0.2) is 0 Å². The van der Waals surface area contributed by atoms with E-state index in [1.807, 2.05) is 0 Å². The molecule has 0 aliphatic rings. The summed E-state index contributed by atoms with van der Waals surface area (Å²) in [6.45, 7) is 0. The molecule has 20 heavy (non-hydrogen) atoms. The molecule has 0 saturated carbocycles. The van der Waals surface area contributed by atoms with Gasteiger partial charge in [0.25, 0.3) is 0 Å². The third-order valence-corrected chi connectivity index (χ3v) is 17.8. The standard InChI is InChI=1S/C7H2Br9F3O/c8-3(9,1-2(20)4(17,18)19)5(10,11)6(12,13)7(14,15)16/h1H2. The number of hydrogen-bond acceptors (Lipinski definition) is 1. The van der Waals surface area contributed by atoms with Gasteiger partial charge in [-0.25, -0.2) is 0 Å². The minimum absolute atomic E-state index is 0.866. The van der Waals surface area contributed by atoms with E-state index in [1.165, 1.54) is 0 Å². The van der Waals surface area contributed by atoms with Crippen LogP contribution in [0.25, 0.3) is 0 Å². The van der Waals surface area contributed by atoms with Crippen molar-refractivity contribution < 1.29 is 18.0 Å². The molecule has 0 N–H and O–H groups in total. The van der Waals surface area contributed by atoms with Crippen LogP contribution in [0, 0.1) is 0 Å². The van der Waals surface area contributed by atoms with Crippen LogP contribution in [0.3, 0.4) is 0 Å². The van der Waals surface area contributed by atoms with Gasteiger partial charge in [0.2, 0.25) is 5.78 Å². The number of Topliss-reactive ketones (excluding diaryl/α,β-unsaturated/α-hetero) is 1. The van der Waals surface area contributed by atoms with E-state index in [0.717, 1.165) is 0 Å². The topological polar surface area (TPSA) is 17.1 Å². The highest BCUT2D eigenvalue weighted by molar-refractivity contribution is 9.42. The zero-order valence-electron chi connectivity index (χ0n) is 8.65. The van der Waals surface area contributed by atoms with Gasteiger partial charge < -0.3 is 0 Å². The van der Waals surface area contributed by atoms with Crippen LogP contribution in [0.4, 0.5) is 13.2 Å². The van der Waals surface area contributed by atoms with Gasteiger partial charge >= 0.3 is 6.18 Å². The molecule has 0 heterocycles. The zero-order valence-corrected chi connectivity index (χ0v) is 22.9. The minimum Gasteiger partial charge on any atom is -0.289 e. The molecule has 0 unspecified atom stereocenters. The van der Waals surface area contributed by atoms with Gasteiger partial charge in [-0.15, -0.1) is 0 Å². The summed E-state index contributed by atoms with van der Waals surface area (Å²) in [7, 11) is 0. The Morgan fingerprint density at radius 3 is 1.35 bits per heavy atom. The monoisotopic (exact) mass is 869 g/mol. The van der Waals surface area contributed by atoms with E-state index in [-0.39, 0.29) is 0 Å². The first-order chi connectivity index (χ1) is 8.38. The van der Waals surface area contributed by atoms with Crippen LogP contribution >= 0.6 is 143 Å². The molecule has 0 aromatic carbocycles. The maximum Gasteiger partial charge on any atom is 0.450 e. The Hall–Kier alpha value is 3.78. The smallest absolute Gasteiger partial charge is 0.289 e. The first kappa shape index (κ1) is 23.8. The number of alkyl halides is 12. The molecule has 0 radical (unpaired) electrons. The van der Waals surface area contributed by atoms with Crippen molar-refractivity contribution in [3.63, 3.8) is 0 Å². The van der Waals surface area contributed by atoms with E-state index in [4.69, 9.17) is 0 Å². The Bertz CT molecular complexity index is 384. The molecule has 120 valence electrons. The highest BCUT2D eigenvalue weighted by Crippen LogP contribution is 2.69. The molecule has 0 bridgehead atoms. The van der Waals surface area contributed by atoms with E-state index in [9.17, 15) is 18.0 Å². The fourth-order valence-corrected chi connectivity index (χ4v) is 7.03. The molecule has 0 amide bonds. The van der Waals surface area contributed by atoms with Gasteiger partial charge in [-0.2, -0.15) is 13.2 Å². The Balaban J connectivity index is 5.54. The summed E-state index contributed by atoms with van der Waals surface area (Å²) in [4.78, 5) is 11.2. The Labute approximate surface area is 188 Å². The number of rotatable bonds is 4. The number of halogens is 12. The fraction of sp³-hybridized carbons (Fsp3) is 0.857. The van der Waals surface area contributed by atoms with Crippen molar-refractivity contribution in [2.75, 3.05) is 0 Å². The summed E-state index contributed by atoms with van der Waals surface area (Å²) in [6.07, 6.45) is -5.78. The zero-order chi connectivity index (χ0) is 16.8. The van der Waals surface area contributed by atoms with Gasteiger partial charge in [-0.3, -0.25) is 4.79 Å².